The number of benzene rings is 2. The fraction of sp³-hybridized carbons (Fsp3) is 0.385. The number of phenols is 1. The standard InChI is InChI=1S/C26H33Br2NO/c1-5-6-7-8-15-29(17-20(3)19(2)9-10-21(4)27)18-25-24-13-12-23(28)16-22(24)11-14-26(25)30/h9-14,16,30H,4-8,15,17-18H2,1-3H3/b10-9-,20-19-. The smallest absolute Gasteiger partial charge is 0.120 e. The molecule has 30 heavy (non-hydrogen) atoms. The van der Waals surface area contributed by atoms with Gasteiger partial charge in [0.2, 0.25) is 0 Å². The summed E-state index contributed by atoms with van der Waals surface area (Å²) < 4.78 is 1.93. The summed E-state index contributed by atoms with van der Waals surface area (Å²) in [6.45, 7) is 13.1. The second kappa shape index (κ2) is 12.5. The first-order valence-electron chi connectivity index (χ1n) is 10.6. The molecule has 0 unspecified atom stereocenters. The van der Waals surface area contributed by atoms with E-state index in [1.165, 1.54) is 36.8 Å². The Bertz CT molecular complexity index is 930. The van der Waals surface area contributed by atoms with Crippen molar-refractivity contribution in [3.63, 3.8) is 0 Å². The quantitative estimate of drug-likeness (QED) is 0.230. The molecule has 2 aromatic carbocycles. The molecule has 162 valence electrons. The summed E-state index contributed by atoms with van der Waals surface area (Å²) >= 11 is 6.94. The van der Waals surface area contributed by atoms with Crippen LogP contribution in [0.5, 0.6) is 5.75 Å². The van der Waals surface area contributed by atoms with Gasteiger partial charge in [-0.15, -0.1) is 0 Å². The lowest BCUT2D eigenvalue weighted by atomic mass is 10.0. The number of hydrogen-bond acceptors (Lipinski definition) is 2. The summed E-state index contributed by atoms with van der Waals surface area (Å²) in [6, 6.07) is 10.1. The van der Waals surface area contributed by atoms with Gasteiger partial charge < -0.3 is 5.11 Å². The van der Waals surface area contributed by atoms with E-state index in [4.69, 9.17) is 0 Å². The first kappa shape index (κ1) is 24.9. The van der Waals surface area contributed by atoms with Crippen molar-refractivity contribution in [3.8, 4) is 5.75 Å². The summed E-state index contributed by atoms with van der Waals surface area (Å²) in [5.41, 5.74) is 3.59. The third kappa shape index (κ3) is 7.72. The van der Waals surface area contributed by atoms with Crippen molar-refractivity contribution in [3.05, 3.63) is 74.7 Å². The summed E-state index contributed by atoms with van der Waals surface area (Å²) in [6.07, 6.45) is 9.01. The fourth-order valence-electron chi connectivity index (χ4n) is 3.54. The summed E-state index contributed by atoms with van der Waals surface area (Å²) in [7, 11) is 0. The zero-order valence-corrected chi connectivity index (χ0v) is 21.5. The highest BCUT2D eigenvalue weighted by atomic mass is 79.9. The van der Waals surface area contributed by atoms with E-state index in [2.05, 4.69) is 82.3 Å². The number of nitrogens with zero attached hydrogens (tertiary/aromatic N) is 1. The van der Waals surface area contributed by atoms with E-state index in [-0.39, 0.29) is 0 Å². The van der Waals surface area contributed by atoms with Gasteiger partial charge in [-0.3, -0.25) is 4.90 Å². The lowest BCUT2D eigenvalue weighted by molar-refractivity contribution is 0.277. The van der Waals surface area contributed by atoms with E-state index in [9.17, 15) is 5.11 Å². The third-order valence-corrected chi connectivity index (χ3v) is 6.18. The molecule has 1 N–H and O–H groups in total. The van der Waals surface area contributed by atoms with Gasteiger partial charge in [-0.25, -0.2) is 0 Å². The zero-order valence-electron chi connectivity index (χ0n) is 18.3. The molecular weight excluding hydrogens is 502 g/mol. The summed E-state index contributed by atoms with van der Waals surface area (Å²) in [5, 5.41) is 12.9. The van der Waals surface area contributed by atoms with Crippen molar-refractivity contribution in [2.75, 3.05) is 13.1 Å². The number of hydrogen-bond donors (Lipinski definition) is 1. The SMILES string of the molecule is C=C(Br)/C=C\C(C)=C(\C)CN(CCCCCC)Cc1c(O)ccc2cc(Br)ccc12. The topological polar surface area (TPSA) is 23.5 Å². The van der Waals surface area contributed by atoms with E-state index in [1.54, 1.807) is 0 Å². The molecule has 2 nitrogen and oxygen atoms in total. The van der Waals surface area contributed by atoms with Crippen molar-refractivity contribution in [2.45, 2.75) is 53.0 Å². The lowest BCUT2D eigenvalue weighted by Gasteiger charge is -2.25. The van der Waals surface area contributed by atoms with E-state index < -0.39 is 0 Å². The minimum Gasteiger partial charge on any atom is -0.508 e. The number of rotatable bonds is 11. The van der Waals surface area contributed by atoms with Crippen molar-refractivity contribution in [2.24, 2.45) is 0 Å². The van der Waals surface area contributed by atoms with Gasteiger partial charge in [0.05, 0.1) is 0 Å². The molecular formula is C26H33Br2NO. The van der Waals surface area contributed by atoms with E-state index in [1.807, 2.05) is 24.3 Å². The highest BCUT2D eigenvalue weighted by Gasteiger charge is 2.14. The monoisotopic (exact) mass is 533 g/mol. The van der Waals surface area contributed by atoms with Crippen molar-refractivity contribution in [1.29, 1.82) is 0 Å². The normalized spacial score (nSPS) is 12.7. The van der Waals surface area contributed by atoms with Gasteiger partial charge in [-0.1, -0.05) is 94.0 Å². The number of phenolic OH excluding ortho intramolecular Hbond substituents is 1. The number of halogens is 2. The molecule has 4 heteroatoms. The van der Waals surface area contributed by atoms with E-state index in [0.29, 0.717) is 5.75 Å². The molecule has 0 aliphatic carbocycles. The number of unbranched alkanes of at least 4 members (excludes halogenated alkanes) is 3. The number of aromatic hydroxyl groups is 1. The van der Waals surface area contributed by atoms with Gasteiger partial charge in [0.15, 0.2) is 0 Å². The van der Waals surface area contributed by atoms with Crippen LogP contribution in [-0.4, -0.2) is 23.1 Å². The Labute approximate surface area is 198 Å². The Morgan fingerprint density at radius 3 is 2.57 bits per heavy atom. The Morgan fingerprint density at radius 2 is 1.87 bits per heavy atom. The van der Waals surface area contributed by atoms with Gasteiger partial charge in [-0.05, 0) is 61.9 Å². The fourth-order valence-corrected chi connectivity index (χ4v) is 4.05. The molecule has 0 atom stereocenters. The second-order valence-electron chi connectivity index (χ2n) is 7.94. The average molecular weight is 535 g/mol. The molecule has 0 saturated carbocycles. The Balaban J connectivity index is 2.29. The van der Waals surface area contributed by atoms with Crippen LogP contribution in [0.25, 0.3) is 10.8 Å². The van der Waals surface area contributed by atoms with Crippen LogP contribution in [0, 0.1) is 0 Å². The lowest BCUT2D eigenvalue weighted by Crippen LogP contribution is -2.27. The summed E-state index contributed by atoms with van der Waals surface area (Å²) in [5.74, 6) is 0.372. The molecule has 2 aromatic rings. The average Bonchev–Trinajstić information content (AvgIpc) is 2.71. The van der Waals surface area contributed by atoms with Crippen molar-refractivity contribution < 1.29 is 5.11 Å². The molecule has 0 heterocycles. The largest absolute Gasteiger partial charge is 0.508 e. The van der Waals surface area contributed by atoms with Gasteiger partial charge in [0, 0.05) is 27.6 Å². The Morgan fingerprint density at radius 1 is 1.10 bits per heavy atom. The maximum Gasteiger partial charge on any atom is 0.120 e. The van der Waals surface area contributed by atoms with Crippen LogP contribution in [0.2, 0.25) is 0 Å². The van der Waals surface area contributed by atoms with Gasteiger partial charge in [-0.2, -0.15) is 0 Å². The predicted octanol–water partition coefficient (Wildman–Crippen LogP) is 8.49. The Kier molecular flexibility index (Phi) is 10.4. The number of allylic oxidation sites excluding steroid dienone is 4. The molecule has 0 spiro atoms. The molecule has 0 aromatic heterocycles. The first-order chi connectivity index (χ1) is 14.3. The van der Waals surface area contributed by atoms with Gasteiger partial charge in [0.25, 0.3) is 0 Å². The minimum atomic E-state index is 0.372. The molecule has 0 fully saturated rings. The van der Waals surface area contributed by atoms with Gasteiger partial charge in [0.1, 0.15) is 5.75 Å². The van der Waals surface area contributed by atoms with Crippen LogP contribution < -0.4 is 0 Å². The first-order valence-corrected chi connectivity index (χ1v) is 12.2. The molecule has 2 rings (SSSR count). The van der Waals surface area contributed by atoms with Gasteiger partial charge >= 0.3 is 0 Å². The molecule has 0 aliphatic heterocycles. The maximum absolute atomic E-state index is 10.6. The minimum absolute atomic E-state index is 0.372. The van der Waals surface area contributed by atoms with Crippen LogP contribution in [0.15, 0.2) is 69.2 Å². The highest BCUT2D eigenvalue weighted by molar-refractivity contribution is 9.11. The van der Waals surface area contributed by atoms with Crippen LogP contribution >= 0.6 is 31.9 Å². The van der Waals surface area contributed by atoms with Crippen LogP contribution in [0.4, 0.5) is 0 Å². The zero-order chi connectivity index (χ0) is 22.1. The molecule has 0 amide bonds. The summed E-state index contributed by atoms with van der Waals surface area (Å²) in [4.78, 5) is 2.46. The third-order valence-electron chi connectivity index (χ3n) is 5.43. The van der Waals surface area contributed by atoms with Crippen LogP contribution in [0.3, 0.4) is 0 Å². The van der Waals surface area contributed by atoms with Crippen LogP contribution in [0.1, 0.15) is 52.0 Å². The Hall–Kier alpha value is -1.36. The number of fused-ring (bicyclic) bond motifs is 1. The van der Waals surface area contributed by atoms with E-state index in [0.717, 1.165) is 44.9 Å². The molecule has 0 bridgehead atoms. The highest BCUT2D eigenvalue weighted by Crippen LogP contribution is 2.30. The van der Waals surface area contributed by atoms with E-state index >= 15 is 0 Å². The maximum atomic E-state index is 10.6. The van der Waals surface area contributed by atoms with Crippen molar-refractivity contribution in [1.82, 2.24) is 4.90 Å². The molecule has 0 saturated heterocycles. The molecule has 0 aliphatic rings. The molecule has 0 radical (unpaired) electrons. The van der Waals surface area contributed by atoms with Crippen molar-refractivity contribution >= 4 is 42.6 Å². The predicted molar refractivity (Wildman–Crippen MR) is 138 cm³/mol. The van der Waals surface area contributed by atoms with Crippen LogP contribution in [-0.2, 0) is 6.54 Å². The second-order valence-corrected chi connectivity index (χ2v) is 9.88.